The topological polar surface area (TPSA) is 19.4 Å². The Morgan fingerprint density at radius 2 is 1.63 bits per heavy atom. The summed E-state index contributed by atoms with van der Waals surface area (Å²) in [7, 11) is 2.26. The van der Waals surface area contributed by atoms with Crippen LogP contribution < -0.4 is 9.80 Å². The van der Waals surface area contributed by atoms with E-state index in [1.54, 1.807) is 0 Å². The lowest BCUT2D eigenvalue weighted by Gasteiger charge is -2.55. The fourth-order valence-corrected chi connectivity index (χ4v) is 8.99. The van der Waals surface area contributed by atoms with Crippen molar-refractivity contribution in [3.05, 3.63) is 102 Å². The van der Waals surface area contributed by atoms with Crippen molar-refractivity contribution in [2.75, 3.05) is 16.8 Å². The summed E-state index contributed by atoms with van der Waals surface area (Å²) in [6.07, 6.45) is 16.5. The molecule has 1 heterocycles. The third-order valence-electron chi connectivity index (χ3n) is 11.4. The molecule has 0 bridgehead atoms. The molecule has 43 heavy (non-hydrogen) atoms. The molecule has 3 saturated carbocycles. The molecule has 0 saturated heterocycles. The summed E-state index contributed by atoms with van der Waals surface area (Å²) in [4.78, 5) is 10.1. The Labute approximate surface area is 259 Å². The zero-order valence-corrected chi connectivity index (χ0v) is 26.4. The van der Waals surface area contributed by atoms with E-state index in [4.69, 9.17) is 4.98 Å². The van der Waals surface area contributed by atoms with Gasteiger partial charge in [-0.05, 0) is 115 Å². The maximum Gasteiger partial charge on any atom is 0.128 e. The summed E-state index contributed by atoms with van der Waals surface area (Å²) in [6.45, 7) is 7.23. The highest BCUT2D eigenvalue weighted by molar-refractivity contribution is 5.71. The minimum Gasteiger partial charge on any atom is -0.356 e. The smallest absolute Gasteiger partial charge is 0.128 e. The van der Waals surface area contributed by atoms with Crippen LogP contribution in [0.3, 0.4) is 0 Å². The van der Waals surface area contributed by atoms with Gasteiger partial charge >= 0.3 is 0 Å². The van der Waals surface area contributed by atoms with Gasteiger partial charge in [0.2, 0.25) is 0 Å². The van der Waals surface area contributed by atoms with Crippen LogP contribution in [0.25, 0.3) is 11.1 Å². The van der Waals surface area contributed by atoms with Crippen molar-refractivity contribution in [3.8, 4) is 11.1 Å². The highest BCUT2D eigenvalue weighted by Gasteiger charge is 2.51. The van der Waals surface area contributed by atoms with E-state index in [9.17, 15) is 0 Å². The normalized spacial score (nSPS) is 30.7. The van der Waals surface area contributed by atoms with E-state index in [1.165, 1.54) is 60.2 Å². The number of rotatable bonds is 9. The number of aromatic nitrogens is 1. The lowest BCUT2D eigenvalue weighted by atomic mass is 9.60. The molecule has 6 atom stereocenters. The Kier molecular flexibility index (Phi) is 7.78. The van der Waals surface area contributed by atoms with Crippen LogP contribution >= 0.6 is 0 Å². The number of para-hydroxylation sites is 1. The van der Waals surface area contributed by atoms with Crippen molar-refractivity contribution in [2.24, 2.45) is 35.5 Å². The number of fused-ring (bicyclic) bond motifs is 1. The molecule has 0 radical (unpaired) electrons. The van der Waals surface area contributed by atoms with Crippen molar-refractivity contribution < 1.29 is 0 Å². The first-order chi connectivity index (χ1) is 21.0. The van der Waals surface area contributed by atoms with Crippen LogP contribution in [0, 0.1) is 35.5 Å². The first kappa shape index (κ1) is 28.2. The molecule has 1 aromatic heterocycles. The van der Waals surface area contributed by atoms with Crippen molar-refractivity contribution in [1.82, 2.24) is 4.98 Å². The molecule has 3 nitrogen and oxygen atoms in total. The third kappa shape index (κ3) is 5.27. The lowest BCUT2D eigenvalue weighted by molar-refractivity contribution is 0.0558. The van der Waals surface area contributed by atoms with Crippen LogP contribution in [-0.4, -0.2) is 24.1 Å². The lowest BCUT2D eigenvalue weighted by Crippen LogP contribution is -2.56. The van der Waals surface area contributed by atoms with Gasteiger partial charge in [0.25, 0.3) is 0 Å². The number of anilines is 3. The molecule has 5 unspecified atom stereocenters. The largest absolute Gasteiger partial charge is 0.356 e. The molecule has 0 spiro atoms. The summed E-state index contributed by atoms with van der Waals surface area (Å²) < 4.78 is 0. The highest BCUT2D eigenvalue weighted by Crippen LogP contribution is 2.56. The molecule has 3 heteroatoms. The van der Waals surface area contributed by atoms with Gasteiger partial charge in [0.1, 0.15) is 5.82 Å². The van der Waals surface area contributed by atoms with Gasteiger partial charge in [-0.1, -0.05) is 70.0 Å². The average Bonchev–Trinajstić information content (AvgIpc) is 3.86. The predicted octanol–water partition coefficient (Wildman–Crippen LogP) is 9.85. The van der Waals surface area contributed by atoms with Gasteiger partial charge in [-0.3, -0.25) is 0 Å². The van der Waals surface area contributed by atoms with E-state index in [0.29, 0.717) is 29.8 Å². The fraction of sp³-hybridized carbons (Fsp3) is 0.450. The third-order valence-corrected chi connectivity index (χ3v) is 11.4. The Hall–Kier alpha value is -3.55. The molecule has 222 valence electrons. The van der Waals surface area contributed by atoms with Crippen molar-refractivity contribution in [1.29, 1.82) is 0 Å². The summed E-state index contributed by atoms with van der Waals surface area (Å²) in [6, 6.07) is 25.7. The standard InChI is InChI=1S/C40H47N3/c1-5-12-35-27(2)40(28(35)3)43(33-15-10-7-11-16-33)34-21-17-29(18-22-34)32-20-24-38(41-26-32)42(4)37-23-19-31-25-36(31)39(37)30-13-8-6-9-14-30/h6-7,10-11,13-18,20-22,24,26-28,31,35-37,39-40H,5,8,12,19,23,25H2,1-4H3/t27?,28?,31?,35?,36?,37?,39-,40?/m1/s1. The summed E-state index contributed by atoms with van der Waals surface area (Å²) in [5, 5.41) is 0. The van der Waals surface area contributed by atoms with Gasteiger partial charge in [0, 0.05) is 48.2 Å². The molecule has 3 fully saturated rings. The number of hydrogen-bond donors (Lipinski definition) is 0. The van der Waals surface area contributed by atoms with Crippen LogP contribution in [0.2, 0.25) is 0 Å². The van der Waals surface area contributed by atoms with Crippen LogP contribution in [0.1, 0.15) is 59.3 Å². The highest BCUT2D eigenvalue weighted by atomic mass is 15.2. The first-order valence-corrected chi connectivity index (χ1v) is 16.8. The Balaban J connectivity index is 1.10. The Bertz CT molecular complexity index is 1490. The average molecular weight is 570 g/mol. The van der Waals surface area contributed by atoms with Crippen LogP contribution in [-0.2, 0) is 0 Å². The molecule has 2 aromatic carbocycles. The van der Waals surface area contributed by atoms with Gasteiger partial charge in [-0.15, -0.1) is 5.73 Å². The molecular weight excluding hydrogens is 522 g/mol. The molecule has 4 aliphatic rings. The van der Waals surface area contributed by atoms with E-state index in [-0.39, 0.29) is 0 Å². The van der Waals surface area contributed by atoms with Gasteiger partial charge in [0.15, 0.2) is 0 Å². The van der Waals surface area contributed by atoms with Crippen LogP contribution in [0.4, 0.5) is 17.2 Å². The van der Waals surface area contributed by atoms with E-state index in [0.717, 1.165) is 30.0 Å². The van der Waals surface area contributed by atoms with Crippen LogP contribution in [0.15, 0.2) is 102 Å². The number of allylic oxidation sites excluding steroid dienone is 2. The maximum absolute atomic E-state index is 5.01. The van der Waals surface area contributed by atoms with Gasteiger partial charge in [-0.25, -0.2) is 4.98 Å². The zero-order chi connectivity index (χ0) is 29.5. The minimum absolute atomic E-state index is 0.501. The SMILES string of the molecule is CCCC1C(C)C(N(c2ccccc2)c2ccc(-c3ccc(N(C)C4CCC5CC5[C@H]4C4=CCC=C=C4)nc3)cc2)C1C. The van der Waals surface area contributed by atoms with Gasteiger partial charge in [0.05, 0.1) is 0 Å². The maximum atomic E-state index is 5.01. The number of nitrogens with zero attached hydrogens (tertiary/aromatic N) is 3. The molecule has 3 aromatic rings. The second kappa shape index (κ2) is 11.9. The summed E-state index contributed by atoms with van der Waals surface area (Å²) >= 11 is 0. The fourth-order valence-electron chi connectivity index (χ4n) is 8.99. The quantitative estimate of drug-likeness (QED) is 0.239. The van der Waals surface area contributed by atoms with E-state index >= 15 is 0 Å². The summed E-state index contributed by atoms with van der Waals surface area (Å²) in [5.41, 5.74) is 9.85. The molecule has 4 aliphatic carbocycles. The second-order valence-electron chi connectivity index (χ2n) is 13.7. The van der Waals surface area contributed by atoms with E-state index < -0.39 is 0 Å². The molecule has 0 amide bonds. The predicted molar refractivity (Wildman–Crippen MR) is 181 cm³/mol. The molecule has 0 N–H and O–H groups in total. The second-order valence-corrected chi connectivity index (χ2v) is 13.7. The van der Waals surface area contributed by atoms with E-state index in [1.807, 2.05) is 0 Å². The Morgan fingerprint density at radius 1 is 0.884 bits per heavy atom. The van der Waals surface area contributed by atoms with Gasteiger partial charge < -0.3 is 9.80 Å². The van der Waals surface area contributed by atoms with Crippen molar-refractivity contribution in [2.45, 2.75) is 71.4 Å². The summed E-state index contributed by atoms with van der Waals surface area (Å²) in [5.74, 6) is 5.62. The van der Waals surface area contributed by atoms with E-state index in [2.05, 4.69) is 135 Å². The molecule has 0 aliphatic heterocycles. The monoisotopic (exact) mass is 569 g/mol. The van der Waals surface area contributed by atoms with Crippen LogP contribution in [0.5, 0.6) is 0 Å². The molecular formula is C40H47N3. The minimum atomic E-state index is 0.501. The zero-order valence-electron chi connectivity index (χ0n) is 26.4. The number of pyridine rings is 1. The first-order valence-electron chi connectivity index (χ1n) is 16.8. The van der Waals surface area contributed by atoms with Crippen molar-refractivity contribution in [3.63, 3.8) is 0 Å². The number of hydrogen-bond acceptors (Lipinski definition) is 3. The van der Waals surface area contributed by atoms with Gasteiger partial charge in [-0.2, -0.15) is 0 Å². The molecule has 7 rings (SSSR count). The van der Waals surface area contributed by atoms with Crippen molar-refractivity contribution >= 4 is 17.2 Å². The number of benzene rings is 2. The Morgan fingerprint density at radius 3 is 2.30 bits per heavy atom.